The summed E-state index contributed by atoms with van der Waals surface area (Å²) in [6, 6.07) is 7.32. The van der Waals surface area contributed by atoms with E-state index in [1.54, 1.807) is 29.7 Å². The molecule has 29 heavy (non-hydrogen) atoms. The van der Waals surface area contributed by atoms with Gasteiger partial charge in [-0.15, -0.1) is 11.3 Å². The van der Waals surface area contributed by atoms with Gasteiger partial charge < -0.3 is 5.32 Å². The Hall–Kier alpha value is -1.77. The smallest absolute Gasteiger partial charge is 0.244 e. The highest BCUT2D eigenvalue weighted by Gasteiger charge is 2.43. The van der Waals surface area contributed by atoms with E-state index in [0.717, 1.165) is 38.5 Å². The Morgan fingerprint density at radius 2 is 1.97 bits per heavy atom. The highest BCUT2D eigenvalue weighted by Crippen LogP contribution is 2.43. The summed E-state index contributed by atoms with van der Waals surface area (Å²) in [5.41, 5.74) is -0.363. The summed E-state index contributed by atoms with van der Waals surface area (Å²) in [6.45, 7) is 1.58. The molecule has 2 aromatic heterocycles. The van der Waals surface area contributed by atoms with Crippen LogP contribution in [-0.4, -0.2) is 43.2 Å². The average molecular weight is 434 g/mol. The summed E-state index contributed by atoms with van der Waals surface area (Å²) in [4.78, 5) is 18.4. The predicted molar refractivity (Wildman–Crippen MR) is 113 cm³/mol. The second-order valence-electron chi connectivity index (χ2n) is 8.01. The summed E-state index contributed by atoms with van der Waals surface area (Å²) in [7, 11) is -3.48. The number of hydrogen-bond donors (Lipinski definition) is 1. The molecule has 3 heterocycles. The Bertz CT molecular complexity index is 915. The molecule has 0 aromatic carbocycles. The van der Waals surface area contributed by atoms with Gasteiger partial charge in [0.1, 0.15) is 4.90 Å². The van der Waals surface area contributed by atoms with Crippen LogP contribution in [0, 0.1) is 5.92 Å². The summed E-state index contributed by atoms with van der Waals surface area (Å²) in [5, 5.41) is 5.24. The van der Waals surface area contributed by atoms with Crippen LogP contribution in [0.15, 0.2) is 46.9 Å². The number of rotatable bonds is 6. The lowest BCUT2D eigenvalue weighted by molar-refractivity contribution is -0.126. The molecule has 0 spiro atoms. The standard InChI is InChI=1S/C21H27N3O3S2/c25-20(21(9-1-2-10-21)19-6-4-14-28-19)23-15-17-7-12-24(13-8-17)29(26,27)18-5-3-11-22-16-18/h3-6,11,14,16-17H,1-2,7-10,12-13,15H2,(H,23,25). The fourth-order valence-corrected chi connectivity index (χ4v) is 6.94. The molecular weight excluding hydrogens is 406 g/mol. The number of nitrogens with one attached hydrogen (secondary N) is 1. The number of sulfonamides is 1. The molecule has 1 amide bonds. The molecule has 0 radical (unpaired) electrons. The minimum atomic E-state index is -3.48. The molecule has 1 saturated heterocycles. The molecule has 156 valence electrons. The monoisotopic (exact) mass is 433 g/mol. The Morgan fingerprint density at radius 1 is 1.21 bits per heavy atom. The average Bonchev–Trinajstić information content (AvgIpc) is 3.45. The highest BCUT2D eigenvalue weighted by atomic mass is 32.2. The predicted octanol–water partition coefficient (Wildman–Crippen LogP) is 3.17. The lowest BCUT2D eigenvalue weighted by Gasteiger charge is -2.32. The number of carbonyl (C=O) groups is 1. The van der Waals surface area contributed by atoms with Crippen molar-refractivity contribution in [1.29, 1.82) is 0 Å². The van der Waals surface area contributed by atoms with E-state index in [0.29, 0.717) is 25.6 Å². The van der Waals surface area contributed by atoms with Gasteiger partial charge >= 0.3 is 0 Å². The molecule has 2 aromatic rings. The van der Waals surface area contributed by atoms with Crippen LogP contribution in [0.1, 0.15) is 43.4 Å². The molecule has 1 saturated carbocycles. The van der Waals surface area contributed by atoms with E-state index in [2.05, 4.69) is 16.4 Å². The molecule has 8 heteroatoms. The Kier molecular flexibility index (Phi) is 6.03. The van der Waals surface area contributed by atoms with Crippen LogP contribution in [-0.2, 0) is 20.2 Å². The Labute approximate surface area is 176 Å². The van der Waals surface area contributed by atoms with Crippen LogP contribution in [0.5, 0.6) is 0 Å². The van der Waals surface area contributed by atoms with Gasteiger partial charge in [-0.25, -0.2) is 8.42 Å². The van der Waals surface area contributed by atoms with Crippen molar-refractivity contribution in [3.63, 3.8) is 0 Å². The first-order chi connectivity index (χ1) is 14.0. The van der Waals surface area contributed by atoms with Crippen molar-refractivity contribution in [3.05, 3.63) is 46.9 Å². The number of aromatic nitrogens is 1. The zero-order valence-electron chi connectivity index (χ0n) is 16.4. The maximum atomic E-state index is 13.1. The maximum Gasteiger partial charge on any atom is 0.244 e. The number of thiophene rings is 1. The number of piperidine rings is 1. The summed E-state index contributed by atoms with van der Waals surface area (Å²) in [6.07, 6.45) is 8.50. The van der Waals surface area contributed by atoms with Gasteiger partial charge in [-0.1, -0.05) is 18.9 Å². The van der Waals surface area contributed by atoms with E-state index in [1.807, 2.05) is 11.4 Å². The fourth-order valence-electron chi connectivity index (χ4n) is 4.52. The number of pyridine rings is 1. The summed E-state index contributed by atoms with van der Waals surface area (Å²) < 4.78 is 27.0. The van der Waals surface area contributed by atoms with Gasteiger partial charge in [-0.2, -0.15) is 4.31 Å². The molecule has 0 unspecified atom stereocenters. The first kappa shape index (κ1) is 20.5. The Balaban J connectivity index is 1.33. The molecule has 2 aliphatic rings. The highest BCUT2D eigenvalue weighted by molar-refractivity contribution is 7.89. The van der Waals surface area contributed by atoms with Gasteiger partial charge in [0, 0.05) is 36.9 Å². The van der Waals surface area contributed by atoms with Gasteiger partial charge in [-0.05, 0) is 55.2 Å². The van der Waals surface area contributed by atoms with Crippen molar-refractivity contribution < 1.29 is 13.2 Å². The topological polar surface area (TPSA) is 79.4 Å². The number of amides is 1. The molecule has 0 atom stereocenters. The van der Waals surface area contributed by atoms with Gasteiger partial charge in [0.05, 0.1) is 5.41 Å². The molecule has 1 aliphatic carbocycles. The van der Waals surface area contributed by atoms with Gasteiger partial charge in [-0.3, -0.25) is 9.78 Å². The summed E-state index contributed by atoms with van der Waals surface area (Å²) >= 11 is 1.67. The first-order valence-corrected chi connectivity index (χ1v) is 12.6. The molecule has 0 bridgehead atoms. The molecule has 4 rings (SSSR count). The zero-order valence-corrected chi connectivity index (χ0v) is 18.1. The van der Waals surface area contributed by atoms with Gasteiger partial charge in [0.15, 0.2) is 0 Å². The van der Waals surface area contributed by atoms with Crippen LogP contribution in [0.4, 0.5) is 0 Å². The molecule has 1 N–H and O–H groups in total. The van der Waals surface area contributed by atoms with Crippen molar-refractivity contribution in [2.24, 2.45) is 5.92 Å². The van der Waals surface area contributed by atoms with E-state index in [-0.39, 0.29) is 16.2 Å². The van der Waals surface area contributed by atoms with Gasteiger partial charge in [0.2, 0.25) is 15.9 Å². The van der Waals surface area contributed by atoms with E-state index in [1.165, 1.54) is 15.4 Å². The largest absolute Gasteiger partial charge is 0.355 e. The fraction of sp³-hybridized carbons (Fsp3) is 0.524. The van der Waals surface area contributed by atoms with E-state index >= 15 is 0 Å². The molecular formula is C21H27N3O3S2. The number of hydrogen-bond acceptors (Lipinski definition) is 5. The van der Waals surface area contributed by atoms with Crippen LogP contribution >= 0.6 is 11.3 Å². The first-order valence-electron chi connectivity index (χ1n) is 10.2. The second-order valence-corrected chi connectivity index (χ2v) is 10.9. The lowest BCUT2D eigenvalue weighted by Crippen LogP contribution is -2.46. The molecule has 2 fully saturated rings. The third kappa shape index (κ3) is 4.11. The minimum Gasteiger partial charge on any atom is -0.355 e. The number of carbonyl (C=O) groups excluding carboxylic acids is 1. The van der Waals surface area contributed by atoms with Crippen molar-refractivity contribution in [2.75, 3.05) is 19.6 Å². The third-order valence-electron chi connectivity index (χ3n) is 6.28. The quantitative estimate of drug-likeness (QED) is 0.759. The Morgan fingerprint density at radius 3 is 2.59 bits per heavy atom. The van der Waals surface area contributed by atoms with Crippen molar-refractivity contribution in [1.82, 2.24) is 14.6 Å². The van der Waals surface area contributed by atoms with E-state index in [9.17, 15) is 13.2 Å². The van der Waals surface area contributed by atoms with E-state index in [4.69, 9.17) is 0 Å². The van der Waals surface area contributed by atoms with Crippen LogP contribution in [0.3, 0.4) is 0 Å². The van der Waals surface area contributed by atoms with Gasteiger partial charge in [0.25, 0.3) is 0 Å². The zero-order chi connectivity index (χ0) is 20.3. The molecule has 6 nitrogen and oxygen atoms in total. The normalized spacial score (nSPS) is 20.6. The molecule has 1 aliphatic heterocycles. The van der Waals surface area contributed by atoms with E-state index < -0.39 is 10.0 Å². The van der Waals surface area contributed by atoms with Crippen molar-refractivity contribution in [3.8, 4) is 0 Å². The van der Waals surface area contributed by atoms with Crippen LogP contribution in [0.2, 0.25) is 0 Å². The van der Waals surface area contributed by atoms with Crippen molar-refractivity contribution >= 4 is 27.3 Å². The minimum absolute atomic E-state index is 0.142. The second kappa shape index (κ2) is 8.53. The SMILES string of the molecule is O=C(NCC1CCN(S(=O)(=O)c2cccnc2)CC1)C1(c2cccs2)CCCC1. The lowest BCUT2D eigenvalue weighted by atomic mass is 9.83. The summed E-state index contributed by atoms with van der Waals surface area (Å²) in [5.74, 6) is 0.448. The van der Waals surface area contributed by atoms with Crippen LogP contribution < -0.4 is 5.32 Å². The maximum absolute atomic E-state index is 13.1. The number of nitrogens with zero attached hydrogens (tertiary/aromatic N) is 2. The third-order valence-corrected chi connectivity index (χ3v) is 9.24. The van der Waals surface area contributed by atoms with Crippen molar-refractivity contribution in [2.45, 2.75) is 48.8 Å². The van der Waals surface area contributed by atoms with Crippen LogP contribution in [0.25, 0.3) is 0 Å².